The first-order valence-electron chi connectivity index (χ1n) is 6.78. The van der Waals surface area contributed by atoms with Gasteiger partial charge in [-0.15, -0.1) is 0 Å². The third-order valence-electron chi connectivity index (χ3n) is 3.48. The monoisotopic (exact) mass is 269 g/mol. The summed E-state index contributed by atoms with van der Waals surface area (Å²) < 4.78 is 11.1. The average Bonchev–Trinajstić information content (AvgIpc) is 2.95. The van der Waals surface area contributed by atoms with Gasteiger partial charge in [-0.1, -0.05) is 0 Å². The van der Waals surface area contributed by atoms with Crippen LogP contribution < -0.4 is 20.1 Å². The largest absolute Gasteiger partial charge is 0.493 e. The van der Waals surface area contributed by atoms with E-state index in [1.165, 1.54) is 5.56 Å². The molecule has 3 heterocycles. The number of anilines is 3. The Morgan fingerprint density at radius 2 is 2.00 bits per heavy atom. The summed E-state index contributed by atoms with van der Waals surface area (Å²) in [5.74, 6) is 2.60. The number of pyridine rings is 1. The van der Waals surface area contributed by atoms with Crippen molar-refractivity contribution >= 4 is 17.2 Å². The number of nitrogens with one attached hydrogen (secondary N) is 2. The predicted molar refractivity (Wildman–Crippen MR) is 77.1 cm³/mol. The van der Waals surface area contributed by atoms with Crippen LogP contribution in [-0.4, -0.2) is 24.7 Å². The van der Waals surface area contributed by atoms with Crippen molar-refractivity contribution in [1.29, 1.82) is 0 Å². The van der Waals surface area contributed by atoms with E-state index in [0.717, 1.165) is 48.3 Å². The third kappa shape index (κ3) is 2.01. The quantitative estimate of drug-likeness (QED) is 0.877. The Kier molecular flexibility index (Phi) is 2.62. The van der Waals surface area contributed by atoms with Gasteiger partial charge < -0.3 is 20.1 Å². The van der Waals surface area contributed by atoms with Crippen LogP contribution in [0.2, 0.25) is 0 Å². The number of fused-ring (bicyclic) bond motifs is 2. The van der Waals surface area contributed by atoms with Gasteiger partial charge in [0.25, 0.3) is 0 Å². The van der Waals surface area contributed by atoms with Crippen molar-refractivity contribution in [3.8, 4) is 11.5 Å². The molecule has 5 nitrogen and oxygen atoms in total. The first-order chi connectivity index (χ1) is 9.88. The van der Waals surface area contributed by atoms with Gasteiger partial charge in [0, 0.05) is 18.2 Å². The Hall–Kier alpha value is -2.43. The summed E-state index contributed by atoms with van der Waals surface area (Å²) in [6.07, 6.45) is 2.78. The van der Waals surface area contributed by atoms with Crippen molar-refractivity contribution in [1.82, 2.24) is 4.98 Å². The van der Waals surface area contributed by atoms with E-state index in [9.17, 15) is 0 Å². The Labute approximate surface area is 116 Å². The molecule has 2 aliphatic heterocycles. The molecule has 5 heteroatoms. The maximum atomic E-state index is 5.59. The molecule has 2 aromatic rings. The van der Waals surface area contributed by atoms with Crippen LogP contribution in [0, 0.1) is 0 Å². The topological polar surface area (TPSA) is 55.4 Å². The second-order valence-electron chi connectivity index (χ2n) is 4.89. The van der Waals surface area contributed by atoms with Gasteiger partial charge in [-0.25, -0.2) is 4.98 Å². The molecule has 2 N–H and O–H groups in total. The van der Waals surface area contributed by atoms with E-state index < -0.39 is 0 Å². The van der Waals surface area contributed by atoms with Gasteiger partial charge >= 0.3 is 0 Å². The van der Waals surface area contributed by atoms with Crippen molar-refractivity contribution in [3.05, 3.63) is 36.0 Å². The Morgan fingerprint density at radius 1 is 1.05 bits per heavy atom. The maximum Gasteiger partial charge on any atom is 0.169 e. The molecule has 20 heavy (non-hydrogen) atoms. The smallest absolute Gasteiger partial charge is 0.169 e. The van der Waals surface area contributed by atoms with Crippen LogP contribution in [0.4, 0.5) is 17.2 Å². The van der Waals surface area contributed by atoms with Gasteiger partial charge in [0.15, 0.2) is 11.6 Å². The van der Waals surface area contributed by atoms with E-state index in [0.29, 0.717) is 6.61 Å². The Morgan fingerprint density at radius 3 is 3.00 bits per heavy atom. The number of benzene rings is 1. The molecule has 0 saturated heterocycles. The Bertz CT molecular complexity index is 658. The lowest BCUT2D eigenvalue weighted by Gasteiger charge is -2.18. The number of aromatic nitrogens is 1. The van der Waals surface area contributed by atoms with E-state index in [-0.39, 0.29) is 0 Å². The van der Waals surface area contributed by atoms with Gasteiger partial charge in [-0.05, 0) is 23.8 Å². The van der Waals surface area contributed by atoms with Crippen LogP contribution in [0.15, 0.2) is 30.5 Å². The van der Waals surface area contributed by atoms with Crippen LogP contribution in [0.3, 0.4) is 0 Å². The molecule has 1 aromatic carbocycles. The molecule has 0 spiro atoms. The molecule has 0 unspecified atom stereocenters. The average molecular weight is 269 g/mol. The lowest BCUT2D eigenvalue weighted by Crippen LogP contribution is -2.19. The molecule has 102 valence electrons. The highest BCUT2D eigenvalue weighted by molar-refractivity contribution is 5.66. The fourth-order valence-electron chi connectivity index (χ4n) is 2.52. The summed E-state index contributed by atoms with van der Waals surface area (Å²) in [7, 11) is 0. The number of nitrogens with zero attached hydrogens (tertiary/aromatic N) is 1. The first kappa shape index (κ1) is 11.4. The lowest BCUT2D eigenvalue weighted by atomic mass is 10.1. The maximum absolute atomic E-state index is 5.59. The van der Waals surface area contributed by atoms with Gasteiger partial charge in [0.2, 0.25) is 0 Å². The van der Waals surface area contributed by atoms with E-state index in [1.807, 2.05) is 24.4 Å². The minimum absolute atomic E-state index is 0.675. The van der Waals surface area contributed by atoms with Crippen molar-refractivity contribution < 1.29 is 9.47 Å². The fraction of sp³-hybridized carbons (Fsp3) is 0.267. The summed E-state index contributed by atoms with van der Waals surface area (Å²) >= 11 is 0. The van der Waals surface area contributed by atoms with Gasteiger partial charge in [-0.2, -0.15) is 0 Å². The van der Waals surface area contributed by atoms with E-state index >= 15 is 0 Å². The van der Waals surface area contributed by atoms with E-state index in [1.54, 1.807) is 0 Å². The minimum atomic E-state index is 0.675. The highest BCUT2D eigenvalue weighted by Gasteiger charge is 2.14. The van der Waals surface area contributed by atoms with Gasteiger partial charge in [0.1, 0.15) is 12.4 Å². The standard InChI is InChI=1S/C15H15N3O2/c1-2-13-10(3-5-19-13)7-11(1)18-12-8-14-15(17-9-12)16-4-6-20-14/h1-2,7-9,18H,3-6H2,(H,16,17). The lowest BCUT2D eigenvalue weighted by molar-refractivity contribution is 0.321. The molecule has 0 amide bonds. The van der Waals surface area contributed by atoms with Gasteiger partial charge in [0.05, 0.1) is 25.0 Å². The molecular weight excluding hydrogens is 254 g/mol. The van der Waals surface area contributed by atoms with Crippen molar-refractivity contribution in [3.63, 3.8) is 0 Å². The van der Waals surface area contributed by atoms with Crippen LogP contribution in [-0.2, 0) is 6.42 Å². The second-order valence-corrected chi connectivity index (χ2v) is 4.89. The minimum Gasteiger partial charge on any atom is -0.493 e. The van der Waals surface area contributed by atoms with Crippen molar-refractivity contribution in [2.45, 2.75) is 6.42 Å². The zero-order chi connectivity index (χ0) is 13.4. The number of ether oxygens (including phenoxy) is 2. The van der Waals surface area contributed by atoms with E-state index in [2.05, 4.69) is 21.7 Å². The Balaban J connectivity index is 1.59. The molecule has 4 rings (SSSR count). The molecule has 0 bridgehead atoms. The molecule has 0 fully saturated rings. The summed E-state index contributed by atoms with van der Waals surface area (Å²) in [5, 5.41) is 6.57. The van der Waals surface area contributed by atoms with Crippen LogP contribution in [0.5, 0.6) is 11.5 Å². The molecule has 0 radical (unpaired) electrons. The SMILES string of the molecule is c1cc2c(cc1Nc1cnc3c(c1)OCCN3)CCO2. The first-order valence-corrected chi connectivity index (χ1v) is 6.78. The highest BCUT2D eigenvalue weighted by atomic mass is 16.5. The van der Waals surface area contributed by atoms with Crippen molar-refractivity contribution in [2.24, 2.45) is 0 Å². The molecule has 1 aromatic heterocycles. The summed E-state index contributed by atoms with van der Waals surface area (Å²) in [6, 6.07) is 8.12. The van der Waals surface area contributed by atoms with E-state index in [4.69, 9.17) is 9.47 Å². The highest BCUT2D eigenvalue weighted by Crippen LogP contribution is 2.31. The summed E-state index contributed by atoms with van der Waals surface area (Å²) in [4.78, 5) is 4.36. The number of hydrogen-bond acceptors (Lipinski definition) is 5. The normalized spacial score (nSPS) is 15.4. The van der Waals surface area contributed by atoms with Crippen LogP contribution >= 0.6 is 0 Å². The van der Waals surface area contributed by atoms with Crippen LogP contribution in [0.25, 0.3) is 0 Å². The van der Waals surface area contributed by atoms with Crippen molar-refractivity contribution in [2.75, 3.05) is 30.4 Å². The zero-order valence-electron chi connectivity index (χ0n) is 11.0. The number of rotatable bonds is 2. The zero-order valence-corrected chi connectivity index (χ0v) is 11.0. The summed E-state index contributed by atoms with van der Waals surface area (Å²) in [6.45, 7) is 2.25. The molecule has 2 aliphatic rings. The molecule has 0 saturated carbocycles. The molecule has 0 aliphatic carbocycles. The van der Waals surface area contributed by atoms with Gasteiger partial charge in [-0.3, -0.25) is 0 Å². The van der Waals surface area contributed by atoms with Crippen LogP contribution in [0.1, 0.15) is 5.56 Å². The predicted octanol–water partition coefficient (Wildman–Crippen LogP) is 2.56. The number of hydrogen-bond donors (Lipinski definition) is 2. The molecule has 0 atom stereocenters. The molecular formula is C15H15N3O2. The fourth-order valence-corrected chi connectivity index (χ4v) is 2.52. The third-order valence-corrected chi connectivity index (χ3v) is 3.48. The second kappa shape index (κ2) is 4.59. The summed E-state index contributed by atoms with van der Waals surface area (Å²) in [5.41, 5.74) is 3.21.